The van der Waals surface area contributed by atoms with Crippen LogP contribution in [0.1, 0.15) is 26.2 Å². The van der Waals surface area contributed by atoms with Gasteiger partial charge in [0.25, 0.3) is 0 Å². The average molecular weight is 226 g/mol. The molecule has 1 amide bonds. The molecular formula is C12H22N2O2. The van der Waals surface area contributed by atoms with Crippen molar-refractivity contribution >= 4 is 5.91 Å². The Balaban J connectivity index is 1.95. The highest BCUT2D eigenvalue weighted by Gasteiger charge is 2.43. The topological polar surface area (TPSA) is 52.6 Å². The monoisotopic (exact) mass is 226 g/mol. The van der Waals surface area contributed by atoms with Crippen molar-refractivity contribution in [1.82, 2.24) is 10.2 Å². The number of amides is 1. The number of nitrogens with zero attached hydrogens (tertiary/aromatic N) is 1. The molecule has 0 aromatic rings. The van der Waals surface area contributed by atoms with Crippen LogP contribution in [0.3, 0.4) is 0 Å². The van der Waals surface area contributed by atoms with Crippen molar-refractivity contribution in [2.24, 2.45) is 11.3 Å². The lowest BCUT2D eigenvalue weighted by molar-refractivity contribution is -0.128. The van der Waals surface area contributed by atoms with E-state index in [1.165, 1.54) is 0 Å². The van der Waals surface area contributed by atoms with Crippen LogP contribution in [0.15, 0.2) is 0 Å². The summed E-state index contributed by atoms with van der Waals surface area (Å²) in [7, 11) is 0. The highest BCUT2D eigenvalue weighted by molar-refractivity contribution is 5.79. The number of nitrogens with one attached hydrogen (secondary N) is 1. The second kappa shape index (κ2) is 4.72. The van der Waals surface area contributed by atoms with Crippen LogP contribution in [0.5, 0.6) is 0 Å². The highest BCUT2D eigenvalue weighted by Crippen LogP contribution is 2.39. The molecule has 2 saturated heterocycles. The molecule has 1 spiro atoms. The molecule has 0 aliphatic carbocycles. The predicted molar refractivity (Wildman–Crippen MR) is 62.0 cm³/mol. The van der Waals surface area contributed by atoms with Gasteiger partial charge >= 0.3 is 0 Å². The number of aliphatic hydroxyl groups is 1. The molecule has 1 atom stereocenters. The van der Waals surface area contributed by atoms with Gasteiger partial charge in [-0.1, -0.05) is 6.92 Å². The van der Waals surface area contributed by atoms with Gasteiger partial charge in [-0.3, -0.25) is 4.79 Å². The number of carbonyl (C=O) groups is 1. The van der Waals surface area contributed by atoms with Gasteiger partial charge in [-0.2, -0.15) is 0 Å². The van der Waals surface area contributed by atoms with Crippen molar-refractivity contribution in [3.8, 4) is 0 Å². The fourth-order valence-electron chi connectivity index (χ4n) is 2.87. The van der Waals surface area contributed by atoms with Crippen molar-refractivity contribution in [3.63, 3.8) is 0 Å². The van der Waals surface area contributed by atoms with Crippen LogP contribution in [-0.2, 0) is 4.79 Å². The van der Waals surface area contributed by atoms with Crippen molar-refractivity contribution in [2.75, 3.05) is 32.8 Å². The van der Waals surface area contributed by atoms with Gasteiger partial charge in [-0.15, -0.1) is 0 Å². The number of piperidine rings is 1. The number of likely N-dealkylation sites (tertiary alicyclic amines) is 1. The Labute approximate surface area is 97.0 Å². The normalized spacial score (nSPS) is 26.4. The standard InChI is InChI=1S/C12H22N2O2/c1-10(8-15)7-14-9-12(6-11(14)16)2-4-13-5-3-12/h10,13,15H,2-9H2,1H3. The Kier molecular flexibility index (Phi) is 3.50. The molecule has 2 rings (SSSR count). The zero-order valence-corrected chi connectivity index (χ0v) is 10.0. The van der Waals surface area contributed by atoms with Gasteiger partial charge in [0.15, 0.2) is 0 Å². The second-order valence-electron chi connectivity index (χ2n) is 5.49. The lowest BCUT2D eigenvalue weighted by Gasteiger charge is -2.33. The average Bonchev–Trinajstić information content (AvgIpc) is 2.56. The zero-order chi connectivity index (χ0) is 11.6. The maximum atomic E-state index is 11.9. The Morgan fingerprint density at radius 3 is 2.81 bits per heavy atom. The molecule has 4 heteroatoms. The van der Waals surface area contributed by atoms with Crippen LogP contribution < -0.4 is 5.32 Å². The summed E-state index contributed by atoms with van der Waals surface area (Å²) < 4.78 is 0. The van der Waals surface area contributed by atoms with E-state index in [9.17, 15) is 4.79 Å². The van der Waals surface area contributed by atoms with Crippen molar-refractivity contribution in [1.29, 1.82) is 0 Å². The van der Waals surface area contributed by atoms with E-state index >= 15 is 0 Å². The Hall–Kier alpha value is -0.610. The minimum absolute atomic E-state index is 0.165. The molecule has 1 unspecified atom stereocenters. The second-order valence-corrected chi connectivity index (χ2v) is 5.49. The number of aliphatic hydroxyl groups excluding tert-OH is 1. The van der Waals surface area contributed by atoms with Gasteiger partial charge in [-0.25, -0.2) is 0 Å². The molecule has 2 heterocycles. The van der Waals surface area contributed by atoms with Gasteiger partial charge < -0.3 is 15.3 Å². The SMILES string of the molecule is CC(CO)CN1CC2(CCNCC2)CC1=O. The van der Waals surface area contributed by atoms with Crippen LogP contribution in [0.2, 0.25) is 0 Å². The molecule has 0 saturated carbocycles. The van der Waals surface area contributed by atoms with Crippen LogP contribution in [0, 0.1) is 11.3 Å². The molecule has 4 nitrogen and oxygen atoms in total. The molecule has 0 radical (unpaired) electrons. The Morgan fingerprint density at radius 2 is 2.19 bits per heavy atom. The fraction of sp³-hybridized carbons (Fsp3) is 0.917. The van der Waals surface area contributed by atoms with Crippen molar-refractivity contribution < 1.29 is 9.90 Å². The predicted octanol–water partition coefficient (Wildman–Crippen LogP) is 0.217. The Morgan fingerprint density at radius 1 is 1.50 bits per heavy atom. The van der Waals surface area contributed by atoms with Crippen molar-refractivity contribution in [3.05, 3.63) is 0 Å². The van der Waals surface area contributed by atoms with Gasteiger partial charge in [-0.05, 0) is 37.3 Å². The molecule has 16 heavy (non-hydrogen) atoms. The van der Waals surface area contributed by atoms with E-state index in [0.717, 1.165) is 32.5 Å². The lowest BCUT2D eigenvalue weighted by atomic mass is 9.78. The molecule has 0 aromatic heterocycles. The minimum Gasteiger partial charge on any atom is -0.396 e. The third kappa shape index (κ3) is 2.38. The maximum absolute atomic E-state index is 11.9. The summed E-state index contributed by atoms with van der Waals surface area (Å²) in [5, 5.41) is 12.4. The summed E-state index contributed by atoms with van der Waals surface area (Å²) in [5.74, 6) is 0.475. The number of hydrogen-bond donors (Lipinski definition) is 2. The fourth-order valence-corrected chi connectivity index (χ4v) is 2.87. The first-order valence-corrected chi connectivity index (χ1v) is 6.25. The van der Waals surface area contributed by atoms with Crippen molar-refractivity contribution in [2.45, 2.75) is 26.2 Å². The van der Waals surface area contributed by atoms with E-state index < -0.39 is 0 Å². The summed E-state index contributed by atoms with van der Waals surface area (Å²) in [6.45, 7) is 5.84. The van der Waals surface area contributed by atoms with Gasteiger partial charge in [0.2, 0.25) is 5.91 Å². The van der Waals surface area contributed by atoms with Gasteiger partial charge in [0.1, 0.15) is 0 Å². The quantitative estimate of drug-likeness (QED) is 0.723. The van der Waals surface area contributed by atoms with E-state index in [0.29, 0.717) is 13.0 Å². The van der Waals surface area contributed by atoms with Gasteiger partial charge in [0, 0.05) is 26.1 Å². The first-order chi connectivity index (χ1) is 7.65. The largest absolute Gasteiger partial charge is 0.396 e. The number of rotatable bonds is 3. The number of hydrogen-bond acceptors (Lipinski definition) is 3. The summed E-state index contributed by atoms with van der Waals surface area (Å²) >= 11 is 0. The summed E-state index contributed by atoms with van der Waals surface area (Å²) in [6.07, 6.45) is 2.94. The van der Waals surface area contributed by atoms with E-state index in [-0.39, 0.29) is 23.8 Å². The van der Waals surface area contributed by atoms with Crippen LogP contribution in [0.4, 0.5) is 0 Å². The molecule has 0 bridgehead atoms. The molecule has 2 N–H and O–H groups in total. The molecule has 0 aromatic carbocycles. The molecule has 92 valence electrons. The van der Waals surface area contributed by atoms with Gasteiger partial charge in [0.05, 0.1) is 0 Å². The molecule has 2 aliphatic heterocycles. The molecular weight excluding hydrogens is 204 g/mol. The third-order valence-corrected chi connectivity index (χ3v) is 3.91. The highest BCUT2D eigenvalue weighted by atomic mass is 16.3. The van der Waals surface area contributed by atoms with E-state index in [1.54, 1.807) is 0 Å². The van der Waals surface area contributed by atoms with Crippen LogP contribution >= 0.6 is 0 Å². The van der Waals surface area contributed by atoms with E-state index in [2.05, 4.69) is 5.32 Å². The minimum atomic E-state index is 0.165. The van der Waals surface area contributed by atoms with E-state index in [4.69, 9.17) is 5.11 Å². The Bertz CT molecular complexity index is 262. The lowest BCUT2D eigenvalue weighted by Crippen LogP contribution is -2.39. The molecule has 2 aliphatic rings. The molecule has 2 fully saturated rings. The summed E-state index contributed by atoms with van der Waals surface area (Å²) in [6, 6.07) is 0. The summed E-state index contributed by atoms with van der Waals surface area (Å²) in [5.41, 5.74) is 0.234. The van der Waals surface area contributed by atoms with Crippen LogP contribution in [0.25, 0.3) is 0 Å². The first-order valence-electron chi connectivity index (χ1n) is 6.25. The first kappa shape index (κ1) is 11.9. The smallest absolute Gasteiger partial charge is 0.223 e. The van der Waals surface area contributed by atoms with Crippen LogP contribution in [-0.4, -0.2) is 48.7 Å². The number of carbonyl (C=O) groups excluding carboxylic acids is 1. The maximum Gasteiger partial charge on any atom is 0.223 e. The third-order valence-electron chi connectivity index (χ3n) is 3.91. The summed E-state index contributed by atoms with van der Waals surface area (Å²) in [4.78, 5) is 13.9. The zero-order valence-electron chi connectivity index (χ0n) is 10.0. The van der Waals surface area contributed by atoms with E-state index in [1.807, 2.05) is 11.8 Å².